The van der Waals surface area contributed by atoms with E-state index in [0.717, 1.165) is 33.2 Å². The molecule has 132 valence electrons. The molecule has 4 aliphatic rings. The highest BCUT2D eigenvalue weighted by Gasteiger charge is 2.51. The molecule has 4 rings (SSSR count). The van der Waals surface area contributed by atoms with Crippen LogP contribution >= 0.6 is 0 Å². The maximum atomic E-state index is 1.62. The van der Waals surface area contributed by atoms with E-state index in [1.807, 2.05) is 0 Å². The van der Waals surface area contributed by atoms with Gasteiger partial charge in [-0.3, -0.25) is 0 Å². The zero-order valence-electron chi connectivity index (χ0n) is 15.3. The first-order chi connectivity index (χ1) is 11.4. The van der Waals surface area contributed by atoms with E-state index in [9.17, 15) is 0 Å². The molecule has 0 aromatic rings. The monoisotopic (exact) mass is 335 g/mol. The van der Waals surface area contributed by atoms with Crippen molar-refractivity contribution in [1.29, 1.82) is 0 Å². The molecule has 0 radical (unpaired) electrons. The first-order valence-corrected chi connectivity index (χ1v) is 12.6. The van der Waals surface area contributed by atoms with E-state index in [2.05, 4.69) is 0 Å². The van der Waals surface area contributed by atoms with E-state index >= 15 is 0 Å². The zero-order valence-corrected chi connectivity index (χ0v) is 16.1. The normalized spacial score (nSPS) is 37.7. The Hall–Kier alpha value is 0.350. The number of rotatable bonds is 3. The molecule has 0 saturated heterocycles. The van der Waals surface area contributed by atoms with Gasteiger partial charge < -0.3 is 0 Å². The number of fused-ring (bicyclic) bond motifs is 1. The van der Waals surface area contributed by atoms with Gasteiger partial charge >= 0.3 is 0 Å². The first kappa shape index (κ1) is 16.8. The lowest BCUT2D eigenvalue weighted by Gasteiger charge is -2.44. The largest absolute Gasteiger partial charge is 0.121 e. The summed E-state index contributed by atoms with van der Waals surface area (Å²) in [5.74, 6) is 2.30. The zero-order chi connectivity index (χ0) is 15.5. The molecule has 0 aromatic carbocycles. The van der Waals surface area contributed by atoms with Crippen molar-refractivity contribution < 1.29 is 0 Å². The van der Waals surface area contributed by atoms with Gasteiger partial charge in [0.2, 0.25) is 0 Å². The number of hydrogen-bond donors (Lipinski definition) is 0. The molecule has 4 saturated carbocycles. The van der Waals surface area contributed by atoms with Crippen molar-refractivity contribution in [1.82, 2.24) is 0 Å². The van der Waals surface area contributed by atoms with E-state index in [0.29, 0.717) is 0 Å². The van der Waals surface area contributed by atoms with Crippen molar-refractivity contribution in [3.63, 3.8) is 0 Å². The maximum absolute atomic E-state index is 1.62. The van der Waals surface area contributed by atoms with Crippen LogP contribution in [-0.2, 0) is 10.9 Å². The summed E-state index contributed by atoms with van der Waals surface area (Å²) in [6, 6.07) is 0. The molecular formula is C22H39S+. The van der Waals surface area contributed by atoms with E-state index in [4.69, 9.17) is 0 Å². The summed E-state index contributed by atoms with van der Waals surface area (Å²) >= 11 is 0. The van der Waals surface area contributed by atoms with E-state index in [-0.39, 0.29) is 0 Å². The molecule has 0 aliphatic heterocycles. The van der Waals surface area contributed by atoms with Gasteiger partial charge in [-0.2, -0.15) is 0 Å². The summed E-state index contributed by atoms with van der Waals surface area (Å²) in [5, 5.41) is 3.47. The molecule has 4 fully saturated rings. The van der Waals surface area contributed by atoms with Crippen LogP contribution < -0.4 is 0 Å². The predicted octanol–water partition coefficient (Wildman–Crippen LogP) is 6.63. The molecule has 4 aliphatic carbocycles. The average molecular weight is 336 g/mol. The molecule has 0 N–H and O–H groups in total. The fourth-order valence-electron chi connectivity index (χ4n) is 6.66. The van der Waals surface area contributed by atoms with E-state index in [1.54, 1.807) is 96.3 Å². The van der Waals surface area contributed by atoms with Crippen molar-refractivity contribution in [3.05, 3.63) is 0 Å². The first-order valence-electron chi connectivity index (χ1n) is 11.1. The fourth-order valence-corrected chi connectivity index (χ4v) is 11.1. The summed E-state index contributed by atoms with van der Waals surface area (Å²) in [5.41, 5.74) is 0. The second-order valence-corrected chi connectivity index (χ2v) is 11.9. The van der Waals surface area contributed by atoms with Crippen molar-refractivity contribution in [2.45, 2.75) is 125 Å². The quantitative estimate of drug-likeness (QED) is 0.508. The fraction of sp³-hybridized carbons (Fsp3) is 1.00. The van der Waals surface area contributed by atoms with Crippen LogP contribution in [0.2, 0.25) is 0 Å². The Kier molecular flexibility index (Phi) is 5.95. The Morgan fingerprint density at radius 1 is 0.435 bits per heavy atom. The van der Waals surface area contributed by atoms with Gasteiger partial charge in [0.25, 0.3) is 0 Å². The van der Waals surface area contributed by atoms with Crippen LogP contribution in [0.4, 0.5) is 0 Å². The third kappa shape index (κ3) is 3.80. The SMILES string of the molecule is C1CCC([S+](C2CCCCC2)C2CCCC3CCCCC32)CC1. The van der Waals surface area contributed by atoms with Crippen LogP contribution in [0.15, 0.2) is 0 Å². The summed E-state index contributed by atoms with van der Waals surface area (Å²) in [6.07, 6.45) is 26.8. The summed E-state index contributed by atoms with van der Waals surface area (Å²) in [7, 11) is 0.798. The molecule has 0 aromatic heterocycles. The van der Waals surface area contributed by atoms with Crippen LogP contribution in [0, 0.1) is 11.8 Å². The third-order valence-electron chi connectivity index (χ3n) is 7.73. The molecule has 3 unspecified atom stereocenters. The van der Waals surface area contributed by atoms with Gasteiger partial charge in [0.15, 0.2) is 0 Å². The lowest BCUT2D eigenvalue weighted by atomic mass is 9.71. The molecule has 3 atom stereocenters. The van der Waals surface area contributed by atoms with Crippen LogP contribution in [0.1, 0.15) is 109 Å². The van der Waals surface area contributed by atoms with Gasteiger partial charge in [-0.05, 0) is 100 Å². The third-order valence-corrected chi connectivity index (χ3v) is 11.5. The lowest BCUT2D eigenvalue weighted by Crippen LogP contribution is -2.49. The topological polar surface area (TPSA) is 0 Å². The van der Waals surface area contributed by atoms with Crippen molar-refractivity contribution in [2.24, 2.45) is 11.8 Å². The smallest absolute Gasteiger partial charge is 0.0530 e. The minimum Gasteiger partial charge on any atom is -0.0530 e. The maximum Gasteiger partial charge on any atom is 0.121 e. The van der Waals surface area contributed by atoms with Crippen LogP contribution in [-0.4, -0.2) is 15.7 Å². The minimum absolute atomic E-state index is 0.798. The van der Waals surface area contributed by atoms with Gasteiger partial charge in [0.1, 0.15) is 15.7 Å². The van der Waals surface area contributed by atoms with Gasteiger partial charge in [-0.25, -0.2) is 0 Å². The van der Waals surface area contributed by atoms with Crippen LogP contribution in [0.25, 0.3) is 0 Å². The molecule has 0 spiro atoms. The summed E-state index contributed by atoms with van der Waals surface area (Å²) in [6.45, 7) is 0. The molecule has 0 bridgehead atoms. The Morgan fingerprint density at radius 2 is 0.957 bits per heavy atom. The molecular weight excluding hydrogens is 296 g/mol. The lowest BCUT2D eigenvalue weighted by molar-refractivity contribution is 0.176. The Balaban J connectivity index is 1.54. The molecule has 1 heteroatoms. The van der Waals surface area contributed by atoms with E-state index in [1.165, 1.54) is 18.1 Å². The molecule has 23 heavy (non-hydrogen) atoms. The summed E-state index contributed by atoms with van der Waals surface area (Å²) in [4.78, 5) is 0. The highest BCUT2D eigenvalue weighted by atomic mass is 32.2. The highest BCUT2D eigenvalue weighted by Crippen LogP contribution is 2.48. The van der Waals surface area contributed by atoms with Gasteiger partial charge in [0.05, 0.1) is 0 Å². The molecule has 0 amide bonds. The standard InChI is InChI=1S/C22H39S/c1-3-12-19(13-4-1)23(20-14-5-2-6-15-20)22-17-9-11-18-10-7-8-16-21(18)22/h18-22H,1-17H2/q+1. The van der Waals surface area contributed by atoms with Crippen molar-refractivity contribution in [2.75, 3.05) is 0 Å². The summed E-state index contributed by atoms with van der Waals surface area (Å²) < 4.78 is 0. The van der Waals surface area contributed by atoms with Gasteiger partial charge in [0, 0.05) is 5.92 Å². The Bertz CT molecular complexity index is 333. The highest BCUT2D eigenvalue weighted by molar-refractivity contribution is 7.98. The molecule has 0 heterocycles. The van der Waals surface area contributed by atoms with Gasteiger partial charge in [-0.15, -0.1) is 0 Å². The van der Waals surface area contributed by atoms with Crippen molar-refractivity contribution in [3.8, 4) is 0 Å². The van der Waals surface area contributed by atoms with Crippen LogP contribution in [0.3, 0.4) is 0 Å². The Labute approximate surface area is 147 Å². The predicted molar refractivity (Wildman–Crippen MR) is 104 cm³/mol. The second kappa shape index (κ2) is 8.15. The minimum atomic E-state index is 0.798. The Morgan fingerprint density at radius 3 is 1.61 bits per heavy atom. The molecule has 0 nitrogen and oxygen atoms in total. The van der Waals surface area contributed by atoms with Gasteiger partial charge in [-0.1, -0.05) is 25.7 Å². The van der Waals surface area contributed by atoms with Crippen LogP contribution in [0.5, 0.6) is 0 Å². The van der Waals surface area contributed by atoms with Crippen molar-refractivity contribution >= 4 is 10.9 Å². The van der Waals surface area contributed by atoms with E-state index < -0.39 is 0 Å². The second-order valence-electron chi connectivity index (χ2n) is 9.11. The number of hydrogen-bond acceptors (Lipinski definition) is 0. The average Bonchev–Trinajstić information content (AvgIpc) is 2.64.